The number of hydrogen-bond acceptors (Lipinski definition) is 6. The van der Waals surface area contributed by atoms with Crippen LogP contribution in [0, 0.1) is 0 Å². The van der Waals surface area contributed by atoms with Gasteiger partial charge in [0.05, 0.1) is 11.5 Å². The van der Waals surface area contributed by atoms with E-state index in [0.29, 0.717) is 5.01 Å². The molecule has 0 amide bonds. The largest absolute Gasteiger partial charge is 0.492 e. The Morgan fingerprint density at radius 2 is 2.44 bits per heavy atom. The van der Waals surface area contributed by atoms with Crippen molar-refractivity contribution < 1.29 is 14.6 Å². The van der Waals surface area contributed by atoms with Crippen molar-refractivity contribution >= 4 is 28.6 Å². The summed E-state index contributed by atoms with van der Waals surface area (Å²) in [7, 11) is 0. The molecule has 0 aromatic carbocycles. The molecular formula is C10H9NO3S2. The molecule has 2 aromatic rings. The molecule has 0 unspecified atom stereocenters. The molecule has 0 atom stereocenters. The van der Waals surface area contributed by atoms with E-state index >= 15 is 0 Å². The number of aromatic hydroxyl groups is 1. The van der Waals surface area contributed by atoms with E-state index < -0.39 is 5.97 Å². The molecule has 0 spiro atoms. The molecule has 2 aromatic heterocycles. The van der Waals surface area contributed by atoms with Crippen LogP contribution in [0.1, 0.15) is 16.6 Å². The summed E-state index contributed by atoms with van der Waals surface area (Å²) in [5, 5.41) is 12.1. The fraction of sp³-hybridized carbons (Fsp3) is 0.200. The van der Waals surface area contributed by atoms with Crippen molar-refractivity contribution in [3.05, 3.63) is 22.4 Å². The normalized spacial score (nSPS) is 10.3. The maximum atomic E-state index is 11.4. The average molecular weight is 255 g/mol. The first-order valence-electron chi connectivity index (χ1n) is 4.63. The molecule has 4 nitrogen and oxygen atoms in total. The summed E-state index contributed by atoms with van der Waals surface area (Å²) in [4.78, 5) is 16.5. The van der Waals surface area contributed by atoms with Crippen LogP contribution in [0.2, 0.25) is 0 Å². The Morgan fingerprint density at radius 1 is 1.62 bits per heavy atom. The van der Waals surface area contributed by atoms with E-state index in [0.717, 1.165) is 16.2 Å². The highest BCUT2D eigenvalue weighted by atomic mass is 32.1. The number of carbonyl (C=O) groups excluding carboxylic acids is 1. The van der Waals surface area contributed by atoms with E-state index in [-0.39, 0.29) is 17.4 Å². The Hall–Kier alpha value is -1.40. The van der Waals surface area contributed by atoms with Crippen LogP contribution < -0.4 is 0 Å². The average Bonchev–Trinajstić information content (AvgIpc) is 2.86. The maximum absolute atomic E-state index is 11.4. The number of hydrogen-bond donors (Lipinski definition) is 1. The van der Waals surface area contributed by atoms with Gasteiger partial charge in [0, 0.05) is 0 Å². The number of carbonyl (C=O) groups is 1. The van der Waals surface area contributed by atoms with Crippen LogP contribution in [0.4, 0.5) is 0 Å². The third-order valence-electron chi connectivity index (χ3n) is 1.80. The van der Waals surface area contributed by atoms with Gasteiger partial charge in [-0.3, -0.25) is 0 Å². The van der Waals surface area contributed by atoms with Crippen molar-refractivity contribution in [3.63, 3.8) is 0 Å². The maximum Gasteiger partial charge on any atom is 0.353 e. The lowest BCUT2D eigenvalue weighted by Crippen LogP contribution is -2.02. The first kappa shape index (κ1) is 11.1. The number of thiophene rings is 1. The Labute approximate surface area is 100 Å². The minimum atomic E-state index is -0.527. The molecule has 0 radical (unpaired) electrons. The highest BCUT2D eigenvalue weighted by molar-refractivity contribution is 7.22. The Balaban J connectivity index is 2.32. The molecule has 0 fully saturated rings. The van der Waals surface area contributed by atoms with Gasteiger partial charge in [0.1, 0.15) is 5.01 Å². The minimum Gasteiger partial charge on any atom is -0.492 e. The van der Waals surface area contributed by atoms with Crippen molar-refractivity contribution in [1.29, 1.82) is 0 Å². The van der Waals surface area contributed by atoms with Gasteiger partial charge in [0.15, 0.2) is 4.88 Å². The van der Waals surface area contributed by atoms with Gasteiger partial charge in [0.25, 0.3) is 0 Å². The summed E-state index contributed by atoms with van der Waals surface area (Å²) < 4.78 is 4.81. The third kappa shape index (κ3) is 2.07. The van der Waals surface area contributed by atoms with Gasteiger partial charge >= 0.3 is 5.97 Å². The van der Waals surface area contributed by atoms with Gasteiger partial charge in [-0.05, 0) is 18.4 Å². The van der Waals surface area contributed by atoms with E-state index in [1.54, 1.807) is 6.92 Å². The standard InChI is InChI=1S/C10H9NO3S2/c1-2-14-10(13)7-8(12)11-9(16-7)6-4-3-5-15-6/h3-5,12H,2H2,1H3. The molecule has 0 aliphatic carbocycles. The summed E-state index contributed by atoms with van der Waals surface area (Å²) in [5.41, 5.74) is 0. The first-order chi connectivity index (χ1) is 7.72. The summed E-state index contributed by atoms with van der Waals surface area (Å²) >= 11 is 2.65. The molecule has 0 saturated carbocycles. The Kier molecular flexibility index (Phi) is 3.21. The van der Waals surface area contributed by atoms with Gasteiger partial charge in [-0.2, -0.15) is 0 Å². The smallest absolute Gasteiger partial charge is 0.353 e. The molecule has 2 heterocycles. The zero-order chi connectivity index (χ0) is 11.5. The van der Waals surface area contributed by atoms with Crippen LogP contribution in [0.5, 0.6) is 5.88 Å². The lowest BCUT2D eigenvalue weighted by atomic mass is 10.5. The first-order valence-corrected chi connectivity index (χ1v) is 6.32. The molecule has 1 N–H and O–H groups in total. The second-order valence-corrected chi connectivity index (χ2v) is 4.82. The predicted octanol–water partition coefficient (Wildman–Crippen LogP) is 2.75. The van der Waals surface area contributed by atoms with Crippen molar-refractivity contribution in [1.82, 2.24) is 4.98 Å². The summed E-state index contributed by atoms with van der Waals surface area (Å²) in [6, 6.07) is 3.78. The van der Waals surface area contributed by atoms with Crippen molar-refractivity contribution in [2.45, 2.75) is 6.92 Å². The highest BCUT2D eigenvalue weighted by Crippen LogP contribution is 2.34. The molecule has 16 heavy (non-hydrogen) atoms. The van der Waals surface area contributed by atoms with Crippen LogP contribution >= 0.6 is 22.7 Å². The molecule has 6 heteroatoms. The molecule has 0 aliphatic heterocycles. The van der Waals surface area contributed by atoms with Gasteiger partial charge < -0.3 is 9.84 Å². The van der Waals surface area contributed by atoms with E-state index in [1.807, 2.05) is 17.5 Å². The van der Waals surface area contributed by atoms with Gasteiger partial charge in [0.2, 0.25) is 5.88 Å². The number of nitrogens with zero attached hydrogens (tertiary/aromatic N) is 1. The molecule has 0 saturated heterocycles. The summed E-state index contributed by atoms with van der Waals surface area (Å²) in [6.45, 7) is 2.00. The van der Waals surface area contributed by atoms with Crippen LogP contribution in [0.3, 0.4) is 0 Å². The number of thiazole rings is 1. The van der Waals surface area contributed by atoms with Crippen LogP contribution in [0.15, 0.2) is 17.5 Å². The van der Waals surface area contributed by atoms with Crippen molar-refractivity contribution in [2.75, 3.05) is 6.61 Å². The van der Waals surface area contributed by atoms with Gasteiger partial charge in [-0.25, -0.2) is 9.78 Å². The predicted molar refractivity (Wildman–Crippen MR) is 63.0 cm³/mol. The van der Waals surface area contributed by atoms with E-state index in [2.05, 4.69) is 4.98 Å². The number of esters is 1. The Bertz CT molecular complexity index is 490. The number of ether oxygens (including phenoxy) is 1. The zero-order valence-corrected chi connectivity index (χ0v) is 10.1. The Morgan fingerprint density at radius 3 is 3.06 bits per heavy atom. The van der Waals surface area contributed by atoms with E-state index in [1.165, 1.54) is 11.3 Å². The third-order valence-corrected chi connectivity index (χ3v) is 3.87. The van der Waals surface area contributed by atoms with Gasteiger partial charge in [-0.1, -0.05) is 6.07 Å². The monoisotopic (exact) mass is 255 g/mol. The molecule has 0 bridgehead atoms. The molecule has 84 valence electrons. The number of rotatable bonds is 3. The second-order valence-electron chi connectivity index (χ2n) is 2.87. The van der Waals surface area contributed by atoms with Crippen molar-refractivity contribution in [2.24, 2.45) is 0 Å². The zero-order valence-electron chi connectivity index (χ0n) is 8.47. The fourth-order valence-corrected chi connectivity index (χ4v) is 2.80. The molecular weight excluding hydrogens is 246 g/mol. The summed E-state index contributed by atoms with van der Waals surface area (Å²) in [5.74, 6) is -0.785. The van der Waals surface area contributed by atoms with Crippen LogP contribution in [-0.4, -0.2) is 22.7 Å². The summed E-state index contributed by atoms with van der Waals surface area (Å²) in [6.07, 6.45) is 0. The SMILES string of the molecule is CCOC(=O)c1sc(-c2cccs2)nc1O. The van der Waals surface area contributed by atoms with E-state index in [9.17, 15) is 9.90 Å². The van der Waals surface area contributed by atoms with Crippen LogP contribution in [0.25, 0.3) is 9.88 Å². The van der Waals surface area contributed by atoms with Crippen LogP contribution in [-0.2, 0) is 4.74 Å². The topological polar surface area (TPSA) is 59.4 Å². The van der Waals surface area contributed by atoms with E-state index in [4.69, 9.17) is 4.74 Å². The van der Waals surface area contributed by atoms with Gasteiger partial charge in [-0.15, -0.1) is 22.7 Å². The van der Waals surface area contributed by atoms with Crippen molar-refractivity contribution in [3.8, 4) is 15.8 Å². The number of aromatic nitrogens is 1. The lowest BCUT2D eigenvalue weighted by Gasteiger charge is -1.96. The minimum absolute atomic E-state index is 0.158. The molecule has 0 aliphatic rings. The molecule has 2 rings (SSSR count). The second kappa shape index (κ2) is 4.63. The lowest BCUT2D eigenvalue weighted by molar-refractivity contribution is 0.0528. The fourth-order valence-electron chi connectivity index (χ4n) is 1.15. The highest BCUT2D eigenvalue weighted by Gasteiger charge is 2.19. The quantitative estimate of drug-likeness (QED) is 0.857.